The summed E-state index contributed by atoms with van der Waals surface area (Å²) in [6.45, 7) is 1.76. The second-order valence-electron chi connectivity index (χ2n) is 4.51. The minimum atomic E-state index is -0.477. The van der Waals surface area contributed by atoms with Crippen LogP contribution in [0.5, 0.6) is 0 Å². The van der Waals surface area contributed by atoms with Crippen molar-refractivity contribution in [1.82, 2.24) is 0 Å². The van der Waals surface area contributed by atoms with Gasteiger partial charge in [0.05, 0.1) is 5.56 Å². The minimum Gasteiger partial charge on any atom is -0.422 e. The summed E-state index contributed by atoms with van der Waals surface area (Å²) in [6, 6.07) is 11.1. The maximum absolute atomic E-state index is 13.4. The van der Waals surface area contributed by atoms with Crippen molar-refractivity contribution in [3.8, 4) is 11.1 Å². The summed E-state index contributed by atoms with van der Waals surface area (Å²) >= 11 is 6.13. The Kier molecular flexibility index (Phi) is 3.07. The SMILES string of the molecule is Cc1c(-c2ccccc2Cl)c(=O)oc2ccc(F)cc12. The van der Waals surface area contributed by atoms with Crippen molar-refractivity contribution in [2.75, 3.05) is 0 Å². The number of benzene rings is 2. The van der Waals surface area contributed by atoms with E-state index in [0.29, 0.717) is 32.7 Å². The van der Waals surface area contributed by atoms with Crippen molar-refractivity contribution in [1.29, 1.82) is 0 Å². The Labute approximate surface area is 119 Å². The molecule has 3 aromatic rings. The summed E-state index contributed by atoms with van der Waals surface area (Å²) in [5.74, 6) is -0.375. The molecule has 4 heteroatoms. The van der Waals surface area contributed by atoms with Crippen molar-refractivity contribution in [3.63, 3.8) is 0 Å². The van der Waals surface area contributed by atoms with Crippen molar-refractivity contribution in [3.05, 3.63) is 69.3 Å². The molecule has 2 nitrogen and oxygen atoms in total. The molecular formula is C16H10ClFO2. The highest BCUT2D eigenvalue weighted by molar-refractivity contribution is 6.33. The van der Waals surface area contributed by atoms with E-state index in [1.807, 2.05) is 0 Å². The zero-order chi connectivity index (χ0) is 14.3. The lowest BCUT2D eigenvalue weighted by Gasteiger charge is -2.09. The summed E-state index contributed by atoms with van der Waals surface area (Å²) in [5, 5.41) is 1.03. The topological polar surface area (TPSA) is 30.2 Å². The molecule has 3 rings (SSSR count). The third kappa shape index (κ3) is 2.00. The molecule has 0 aliphatic heterocycles. The van der Waals surface area contributed by atoms with Crippen LogP contribution in [0.15, 0.2) is 51.7 Å². The Morgan fingerprint density at radius 3 is 2.65 bits per heavy atom. The van der Waals surface area contributed by atoms with Crippen LogP contribution in [0.25, 0.3) is 22.1 Å². The van der Waals surface area contributed by atoms with Gasteiger partial charge in [0.25, 0.3) is 0 Å². The predicted octanol–water partition coefficient (Wildman–Crippen LogP) is 4.56. The molecule has 0 spiro atoms. The lowest BCUT2D eigenvalue weighted by Crippen LogP contribution is -2.06. The predicted molar refractivity (Wildman–Crippen MR) is 77.6 cm³/mol. The number of aryl methyl sites for hydroxylation is 1. The lowest BCUT2D eigenvalue weighted by molar-refractivity contribution is 0.560. The van der Waals surface area contributed by atoms with Crippen LogP contribution in [-0.4, -0.2) is 0 Å². The molecule has 20 heavy (non-hydrogen) atoms. The maximum Gasteiger partial charge on any atom is 0.344 e. The van der Waals surface area contributed by atoms with E-state index in [2.05, 4.69) is 0 Å². The van der Waals surface area contributed by atoms with E-state index >= 15 is 0 Å². The highest BCUT2D eigenvalue weighted by atomic mass is 35.5. The molecule has 0 fully saturated rings. The van der Waals surface area contributed by atoms with E-state index in [4.69, 9.17) is 16.0 Å². The molecule has 0 aliphatic rings. The summed E-state index contributed by atoms with van der Waals surface area (Å²) in [4.78, 5) is 12.2. The fourth-order valence-electron chi connectivity index (χ4n) is 2.30. The van der Waals surface area contributed by atoms with Gasteiger partial charge >= 0.3 is 5.63 Å². The Hall–Kier alpha value is -2.13. The van der Waals surface area contributed by atoms with Crippen LogP contribution < -0.4 is 5.63 Å². The molecule has 1 aromatic heterocycles. The summed E-state index contributed by atoms with van der Waals surface area (Å²) in [6.07, 6.45) is 0. The van der Waals surface area contributed by atoms with Crippen LogP contribution in [0, 0.1) is 12.7 Å². The smallest absolute Gasteiger partial charge is 0.344 e. The van der Waals surface area contributed by atoms with E-state index in [0.717, 1.165) is 0 Å². The van der Waals surface area contributed by atoms with Gasteiger partial charge < -0.3 is 4.42 Å². The molecule has 0 radical (unpaired) electrons. The zero-order valence-corrected chi connectivity index (χ0v) is 11.4. The van der Waals surface area contributed by atoms with Crippen LogP contribution in [0.2, 0.25) is 5.02 Å². The molecule has 0 saturated heterocycles. The largest absolute Gasteiger partial charge is 0.422 e. The summed E-state index contributed by atoms with van der Waals surface area (Å²) < 4.78 is 18.6. The first kappa shape index (κ1) is 12.9. The average molecular weight is 289 g/mol. The number of rotatable bonds is 1. The van der Waals surface area contributed by atoms with Gasteiger partial charge in [0, 0.05) is 16.0 Å². The quantitative estimate of drug-likeness (QED) is 0.614. The van der Waals surface area contributed by atoms with Gasteiger partial charge in [0.15, 0.2) is 0 Å². The Morgan fingerprint density at radius 2 is 1.90 bits per heavy atom. The second kappa shape index (κ2) is 4.76. The first-order valence-electron chi connectivity index (χ1n) is 6.06. The van der Waals surface area contributed by atoms with Crippen LogP contribution in [0.1, 0.15) is 5.56 Å². The molecule has 0 bridgehead atoms. The zero-order valence-electron chi connectivity index (χ0n) is 10.6. The van der Waals surface area contributed by atoms with Gasteiger partial charge in [-0.15, -0.1) is 0 Å². The highest BCUT2D eigenvalue weighted by Gasteiger charge is 2.15. The van der Waals surface area contributed by atoms with Crippen LogP contribution in [-0.2, 0) is 0 Å². The number of fused-ring (bicyclic) bond motifs is 1. The molecule has 0 saturated carbocycles. The normalized spacial score (nSPS) is 10.9. The standard InChI is InChI=1S/C16H10ClFO2/c1-9-12-8-10(18)6-7-14(12)20-16(19)15(9)11-4-2-3-5-13(11)17/h2-8H,1H3. The summed E-state index contributed by atoms with van der Waals surface area (Å²) in [7, 11) is 0. The molecule has 1 heterocycles. The third-order valence-corrected chi connectivity index (χ3v) is 3.60. The van der Waals surface area contributed by atoms with Crippen LogP contribution >= 0.6 is 11.6 Å². The first-order chi connectivity index (χ1) is 9.58. The van der Waals surface area contributed by atoms with E-state index < -0.39 is 5.63 Å². The van der Waals surface area contributed by atoms with Gasteiger partial charge in [0.1, 0.15) is 11.4 Å². The van der Waals surface area contributed by atoms with Gasteiger partial charge in [-0.3, -0.25) is 0 Å². The molecule has 2 aromatic carbocycles. The van der Waals surface area contributed by atoms with Crippen molar-refractivity contribution < 1.29 is 8.81 Å². The van der Waals surface area contributed by atoms with Crippen molar-refractivity contribution >= 4 is 22.6 Å². The van der Waals surface area contributed by atoms with Gasteiger partial charge in [-0.25, -0.2) is 9.18 Å². The molecule has 100 valence electrons. The van der Waals surface area contributed by atoms with Crippen LogP contribution in [0.4, 0.5) is 4.39 Å². The molecule has 0 aliphatic carbocycles. The Balaban J connectivity index is 2.43. The minimum absolute atomic E-state index is 0.365. The fraction of sp³-hybridized carbons (Fsp3) is 0.0625. The van der Waals surface area contributed by atoms with E-state index in [9.17, 15) is 9.18 Å². The molecule has 0 N–H and O–H groups in total. The van der Waals surface area contributed by atoms with Crippen molar-refractivity contribution in [2.45, 2.75) is 6.92 Å². The molecule has 0 amide bonds. The monoisotopic (exact) mass is 288 g/mol. The average Bonchev–Trinajstić information content (AvgIpc) is 2.42. The highest BCUT2D eigenvalue weighted by Crippen LogP contribution is 2.31. The van der Waals surface area contributed by atoms with Gasteiger partial charge in [0.2, 0.25) is 0 Å². The van der Waals surface area contributed by atoms with E-state index in [1.54, 1.807) is 31.2 Å². The Bertz CT molecular complexity index is 868. The fourth-order valence-corrected chi connectivity index (χ4v) is 2.53. The molecule has 0 unspecified atom stereocenters. The van der Waals surface area contributed by atoms with Crippen molar-refractivity contribution in [2.24, 2.45) is 0 Å². The second-order valence-corrected chi connectivity index (χ2v) is 4.92. The van der Waals surface area contributed by atoms with E-state index in [1.165, 1.54) is 18.2 Å². The number of hydrogen-bond donors (Lipinski definition) is 0. The lowest BCUT2D eigenvalue weighted by atomic mass is 9.99. The van der Waals surface area contributed by atoms with Gasteiger partial charge in [-0.05, 0) is 36.8 Å². The maximum atomic E-state index is 13.4. The molecular weight excluding hydrogens is 279 g/mol. The molecule has 0 atom stereocenters. The number of halogens is 2. The first-order valence-corrected chi connectivity index (χ1v) is 6.43. The van der Waals surface area contributed by atoms with Gasteiger partial charge in [-0.2, -0.15) is 0 Å². The van der Waals surface area contributed by atoms with Gasteiger partial charge in [-0.1, -0.05) is 29.8 Å². The van der Waals surface area contributed by atoms with Crippen LogP contribution in [0.3, 0.4) is 0 Å². The third-order valence-electron chi connectivity index (χ3n) is 3.27. The number of hydrogen-bond acceptors (Lipinski definition) is 2. The van der Waals surface area contributed by atoms with E-state index in [-0.39, 0.29) is 5.82 Å². The Morgan fingerprint density at radius 1 is 1.15 bits per heavy atom. The summed E-state index contributed by atoms with van der Waals surface area (Å²) in [5.41, 5.74) is 1.50.